The maximum atomic E-state index is 13.2. The summed E-state index contributed by atoms with van der Waals surface area (Å²) >= 11 is 1.19. The molecule has 0 aromatic carbocycles. The van der Waals surface area contributed by atoms with Gasteiger partial charge in [0.15, 0.2) is 0 Å². The second kappa shape index (κ2) is 8.63. The third-order valence-corrected chi connectivity index (χ3v) is 10.1. The van der Waals surface area contributed by atoms with Crippen LogP contribution in [0.1, 0.15) is 63.2 Å². The number of hydrogen-bond donors (Lipinski definition) is 0. The fourth-order valence-electron chi connectivity index (χ4n) is 4.59. The van der Waals surface area contributed by atoms with E-state index >= 15 is 0 Å². The van der Waals surface area contributed by atoms with E-state index in [1.807, 2.05) is 4.90 Å². The lowest BCUT2D eigenvalue weighted by Crippen LogP contribution is -2.45. The topological polar surface area (TPSA) is 96.6 Å². The normalized spacial score (nSPS) is 21.9. The van der Waals surface area contributed by atoms with Crippen molar-refractivity contribution in [2.24, 2.45) is 5.92 Å². The maximum absolute atomic E-state index is 13.2. The standard InChI is InChI=1S/C21H28N4O4S2/c26-21(24-9-2-1-3-10-24)16-7-11-25(12-8-16)31(27,28)18-13-17(14-30-18)19-22-20(29-23-19)15-5-4-6-15/h13-16H,1-12H2. The van der Waals surface area contributed by atoms with Gasteiger partial charge in [-0.3, -0.25) is 4.79 Å². The molecule has 0 radical (unpaired) electrons. The lowest BCUT2D eigenvalue weighted by atomic mass is 9.85. The Kier molecular flexibility index (Phi) is 5.87. The minimum atomic E-state index is -3.59. The highest BCUT2D eigenvalue weighted by molar-refractivity contribution is 7.91. The molecule has 0 unspecified atom stereocenters. The van der Waals surface area contributed by atoms with E-state index in [2.05, 4.69) is 10.1 Å². The Morgan fingerprint density at radius 3 is 2.45 bits per heavy atom. The van der Waals surface area contributed by atoms with E-state index in [4.69, 9.17) is 4.52 Å². The fraction of sp³-hybridized carbons (Fsp3) is 0.667. The highest BCUT2D eigenvalue weighted by Gasteiger charge is 2.35. The zero-order valence-electron chi connectivity index (χ0n) is 17.5. The first kappa shape index (κ1) is 21.1. The van der Waals surface area contributed by atoms with Crippen molar-refractivity contribution in [3.05, 3.63) is 17.3 Å². The first-order chi connectivity index (χ1) is 15.0. The Labute approximate surface area is 186 Å². The molecule has 10 heteroatoms. The van der Waals surface area contributed by atoms with Gasteiger partial charge in [-0.2, -0.15) is 9.29 Å². The molecule has 3 fully saturated rings. The molecule has 4 heterocycles. The van der Waals surface area contributed by atoms with Gasteiger partial charge in [-0.15, -0.1) is 11.3 Å². The number of thiophene rings is 1. The number of piperidine rings is 2. The minimum Gasteiger partial charge on any atom is -0.342 e. The second-order valence-electron chi connectivity index (χ2n) is 8.80. The van der Waals surface area contributed by atoms with Gasteiger partial charge in [-0.1, -0.05) is 11.6 Å². The second-order valence-corrected chi connectivity index (χ2v) is 11.9. The van der Waals surface area contributed by atoms with Gasteiger partial charge in [0, 0.05) is 49.0 Å². The SMILES string of the molecule is O=C(C1CCN(S(=O)(=O)c2cc(-c3noc(C4CCC4)n3)cs2)CC1)N1CCCCC1. The average Bonchev–Trinajstić information content (AvgIpc) is 3.43. The molecule has 2 aromatic heterocycles. The van der Waals surface area contributed by atoms with Crippen LogP contribution in [0.25, 0.3) is 11.4 Å². The fourth-order valence-corrected chi connectivity index (χ4v) is 7.37. The first-order valence-electron chi connectivity index (χ1n) is 11.2. The van der Waals surface area contributed by atoms with Gasteiger partial charge in [-0.05, 0) is 51.0 Å². The van der Waals surface area contributed by atoms with Crippen LogP contribution in [-0.4, -0.2) is 59.8 Å². The molecular weight excluding hydrogens is 436 g/mol. The third-order valence-electron chi connectivity index (χ3n) is 6.79. The molecule has 0 atom stereocenters. The zero-order valence-corrected chi connectivity index (χ0v) is 19.2. The summed E-state index contributed by atoms with van der Waals surface area (Å²) in [4.78, 5) is 19.2. The van der Waals surface area contributed by atoms with E-state index in [0.29, 0.717) is 53.3 Å². The lowest BCUT2D eigenvalue weighted by molar-refractivity contribution is -0.137. The van der Waals surface area contributed by atoms with Gasteiger partial charge in [0.2, 0.25) is 17.6 Å². The number of aromatic nitrogens is 2. The van der Waals surface area contributed by atoms with E-state index in [1.54, 1.807) is 11.4 Å². The minimum absolute atomic E-state index is 0.0623. The summed E-state index contributed by atoms with van der Waals surface area (Å²) in [5.41, 5.74) is 0.674. The van der Waals surface area contributed by atoms with E-state index in [-0.39, 0.29) is 11.8 Å². The molecule has 8 nitrogen and oxygen atoms in total. The molecule has 0 bridgehead atoms. The largest absolute Gasteiger partial charge is 0.342 e. The number of carbonyl (C=O) groups excluding carboxylic acids is 1. The van der Waals surface area contributed by atoms with Crippen molar-refractivity contribution >= 4 is 27.3 Å². The Balaban J connectivity index is 1.23. The summed E-state index contributed by atoms with van der Waals surface area (Å²) < 4.78 is 33.5. The molecule has 1 amide bonds. The Morgan fingerprint density at radius 1 is 1.03 bits per heavy atom. The molecule has 2 aromatic rings. The van der Waals surface area contributed by atoms with Crippen LogP contribution >= 0.6 is 11.3 Å². The quantitative estimate of drug-likeness (QED) is 0.672. The summed E-state index contributed by atoms with van der Waals surface area (Å²) in [6.45, 7) is 2.45. The molecule has 2 saturated heterocycles. The van der Waals surface area contributed by atoms with Gasteiger partial charge in [0.1, 0.15) is 4.21 Å². The summed E-state index contributed by atoms with van der Waals surface area (Å²) in [6, 6.07) is 1.64. The van der Waals surface area contributed by atoms with Crippen LogP contribution in [0, 0.1) is 5.92 Å². The number of rotatable bonds is 5. The van der Waals surface area contributed by atoms with E-state index in [9.17, 15) is 13.2 Å². The van der Waals surface area contributed by atoms with E-state index < -0.39 is 10.0 Å². The Hall–Kier alpha value is -1.78. The van der Waals surface area contributed by atoms with Crippen molar-refractivity contribution in [3.63, 3.8) is 0 Å². The summed E-state index contributed by atoms with van der Waals surface area (Å²) in [5.74, 6) is 1.59. The van der Waals surface area contributed by atoms with E-state index in [1.165, 1.54) is 28.5 Å². The number of sulfonamides is 1. The number of nitrogens with zero attached hydrogens (tertiary/aromatic N) is 4. The van der Waals surface area contributed by atoms with Gasteiger partial charge in [-0.25, -0.2) is 8.42 Å². The number of likely N-dealkylation sites (tertiary alicyclic amines) is 1. The van der Waals surface area contributed by atoms with Crippen LogP contribution < -0.4 is 0 Å². The van der Waals surface area contributed by atoms with Gasteiger partial charge in [0.05, 0.1) is 0 Å². The lowest BCUT2D eigenvalue weighted by Gasteiger charge is -2.34. The molecule has 0 spiro atoms. The molecular formula is C21H28N4O4S2. The first-order valence-corrected chi connectivity index (χ1v) is 13.6. The van der Waals surface area contributed by atoms with Crippen molar-refractivity contribution < 1.29 is 17.7 Å². The van der Waals surface area contributed by atoms with E-state index in [0.717, 1.165) is 38.8 Å². The molecule has 2 aliphatic heterocycles. The van der Waals surface area contributed by atoms with Crippen LogP contribution in [0.15, 0.2) is 20.2 Å². The monoisotopic (exact) mass is 464 g/mol. The zero-order chi connectivity index (χ0) is 21.4. The van der Waals surface area contributed by atoms with Crippen molar-refractivity contribution in [1.82, 2.24) is 19.3 Å². The predicted octanol–water partition coefficient (Wildman–Crippen LogP) is 3.48. The third kappa shape index (κ3) is 4.17. The molecule has 31 heavy (non-hydrogen) atoms. The van der Waals surface area contributed by atoms with Crippen molar-refractivity contribution in [2.75, 3.05) is 26.2 Å². The van der Waals surface area contributed by atoms with Gasteiger partial charge >= 0.3 is 0 Å². The Bertz CT molecular complexity index is 1030. The number of amides is 1. The smallest absolute Gasteiger partial charge is 0.252 e. The molecule has 1 aliphatic carbocycles. The summed E-state index contributed by atoms with van der Waals surface area (Å²) in [7, 11) is -3.59. The molecule has 3 aliphatic rings. The van der Waals surface area contributed by atoms with Crippen molar-refractivity contribution in [1.29, 1.82) is 0 Å². The molecule has 5 rings (SSSR count). The predicted molar refractivity (Wildman–Crippen MR) is 116 cm³/mol. The molecule has 168 valence electrons. The van der Waals surface area contributed by atoms with Gasteiger partial charge in [0.25, 0.3) is 10.0 Å². The average molecular weight is 465 g/mol. The van der Waals surface area contributed by atoms with Crippen LogP contribution in [0.5, 0.6) is 0 Å². The highest BCUT2D eigenvalue weighted by Crippen LogP contribution is 2.37. The van der Waals surface area contributed by atoms with Crippen LogP contribution in [-0.2, 0) is 14.8 Å². The molecule has 1 saturated carbocycles. The van der Waals surface area contributed by atoms with Crippen LogP contribution in [0.4, 0.5) is 0 Å². The van der Waals surface area contributed by atoms with Crippen LogP contribution in [0.2, 0.25) is 0 Å². The number of carbonyl (C=O) groups is 1. The van der Waals surface area contributed by atoms with Crippen LogP contribution in [0.3, 0.4) is 0 Å². The maximum Gasteiger partial charge on any atom is 0.252 e. The Morgan fingerprint density at radius 2 is 1.77 bits per heavy atom. The summed E-state index contributed by atoms with van der Waals surface area (Å²) in [5, 5.41) is 5.81. The number of hydrogen-bond acceptors (Lipinski definition) is 7. The van der Waals surface area contributed by atoms with Crippen molar-refractivity contribution in [3.8, 4) is 11.4 Å². The van der Waals surface area contributed by atoms with Gasteiger partial charge < -0.3 is 9.42 Å². The molecule has 0 N–H and O–H groups in total. The summed E-state index contributed by atoms with van der Waals surface area (Å²) in [6.07, 6.45) is 7.83. The van der Waals surface area contributed by atoms with Crippen molar-refractivity contribution in [2.45, 2.75) is 61.5 Å². The highest BCUT2D eigenvalue weighted by atomic mass is 32.2.